The lowest BCUT2D eigenvalue weighted by molar-refractivity contribution is -0.138. The van der Waals surface area contributed by atoms with Gasteiger partial charge < -0.3 is 10.0 Å². The lowest BCUT2D eigenvalue weighted by Crippen LogP contribution is -2.47. The molecule has 2 rings (SSSR count). The highest BCUT2D eigenvalue weighted by atomic mass is 32.2. The molecule has 2 saturated heterocycles. The fraction of sp³-hybridized carbons (Fsp3) is 0.929. The van der Waals surface area contributed by atoms with Crippen molar-refractivity contribution < 1.29 is 18.3 Å². The molecular weight excluding hydrogens is 292 g/mol. The summed E-state index contributed by atoms with van der Waals surface area (Å²) in [5.74, 6) is 0.432. The highest BCUT2D eigenvalue weighted by molar-refractivity contribution is 7.89. The van der Waals surface area contributed by atoms with Gasteiger partial charge in [-0.05, 0) is 32.1 Å². The Labute approximate surface area is 127 Å². The van der Waals surface area contributed by atoms with Gasteiger partial charge in [0.05, 0.1) is 18.4 Å². The van der Waals surface area contributed by atoms with Crippen LogP contribution in [-0.2, 0) is 14.8 Å². The first kappa shape index (κ1) is 16.7. The molecule has 7 heteroatoms. The van der Waals surface area contributed by atoms with Crippen molar-refractivity contribution in [3.05, 3.63) is 0 Å². The molecule has 0 aromatic rings. The minimum atomic E-state index is -3.15. The van der Waals surface area contributed by atoms with Crippen LogP contribution in [0.3, 0.4) is 0 Å². The van der Waals surface area contributed by atoms with E-state index in [0.29, 0.717) is 38.4 Å². The van der Waals surface area contributed by atoms with E-state index < -0.39 is 10.0 Å². The molecule has 0 radical (unpaired) electrons. The first-order valence-electron chi connectivity index (χ1n) is 7.79. The van der Waals surface area contributed by atoms with E-state index in [4.69, 9.17) is 0 Å². The summed E-state index contributed by atoms with van der Waals surface area (Å²) in [6.45, 7) is 5.28. The topological polar surface area (TPSA) is 77.9 Å². The van der Waals surface area contributed by atoms with Crippen LogP contribution >= 0.6 is 0 Å². The van der Waals surface area contributed by atoms with Crippen LogP contribution in [-0.4, -0.2) is 66.7 Å². The van der Waals surface area contributed by atoms with Crippen molar-refractivity contribution >= 4 is 15.9 Å². The molecule has 6 nitrogen and oxygen atoms in total. The van der Waals surface area contributed by atoms with E-state index in [2.05, 4.69) is 6.92 Å². The first-order valence-corrected chi connectivity index (χ1v) is 9.40. The van der Waals surface area contributed by atoms with Gasteiger partial charge in [0.2, 0.25) is 15.9 Å². The SMILES string of the molecule is CCS(=O)(=O)N1CCC(C(=O)N2CCC(C)C2CO)CC1. The van der Waals surface area contributed by atoms with E-state index in [1.807, 2.05) is 0 Å². The summed E-state index contributed by atoms with van der Waals surface area (Å²) >= 11 is 0. The second kappa shape index (κ2) is 6.62. The number of amides is 1. The smallest absolute Gasteiger partial charge is 0.226 e. The van der Waals surface area contributed by atoms with Crippen molar-refractivity contribution in [2.75, 3.05) is 32.0 Å². The lowest BCUT2D eigenvalue weighted by atomic mass is 9.95. The first-order chi connectivity index (χ1) is 9.90. The molecule has 1 N–H and O–H groups in total. The maximum Gasteiger partial charge on any atom is 0.226 e. The normalized spacial score (nSPS) is 29.0. The van der Waals surface area contributed by atoms with Gasteiger partial charge in [0, 0.05) is 25.6 Å². The van der Waals surface area contributed by atoms with Gasteiger partial charge in [-0.3, -0.25) is 4.79 Å². The summed E-state index contributed by atoms with van der Waals surface area (Å²) < 4.78 is 25.1. The molecule has 0 spiro atoms. The summed E-state index contributed by atoms with van der Waals surface area (Å²) in [6.07, 6.45) is 2.10. The molecule has 2 unspecified atom stereocenters. The number of carbonyl (C=O) groups is 1. The average molecular weight is 318 g/mol. The van der Waals surface area contributed by atoms with Gasteiger partial charge in [0.25, 0.3) is 0 Å². The number of carbonyl (C=O) groups excluding carboxylic acids is 1. The summed E-state index contributed by atoms with van der Waals surface area (Å²) in [6, 6.07) is -0.0742. The maximum atomic E-state index is 12.6. The zero-order chi connectivity index (χ0) is 15.6. The Morgan fingerprint density at radius 2 is 1.81 bits per heavy atom. The number of likely N-dealkylation sites (tertiary alicyclic amines) is 1. The molecule has 0 aromatic carbocycles. The molecule has 2 heterocycles. The predicted molar refractivity (Wildman–Crippen MR) is 80.1 cm³/mol. The molecule has 2 fully saturated rings. The highest BCUT2D eigenvalue weighted by Crippen LogP contribution is 2.28. The predicted octanol–water partition coefficient (Wildman–Crippen LogP) is 0.277. The summed E-state index contributed by atoms with van der Waals surface area (Å²) in [5, 5.41) is 9.45. The van der Waals surface area contributed by atoms with Gasteiger partial charge in [-0.25, -0.2) is 12.7 Å². The minimum Gasteiger partial charge on any atom is -0.394 e. The largest absolute Gasteiger partial charge is 0.394 e. The van der Waals surface area contributed by atoms with Crippen LogP contribution in [0, 0.1) is 11.8 Å². The second-order valence-electron chi connectivity index (χ2n) is 6.12. The van der Waals surface area contributed by atoms with Crippen molar-refractivity contribution in [3.63, 3.8) is 0 Å². The van der Waals surface area contributed by atoms with Crippen LogP contribution in [0.1, 0.15) is 33.1 Å². The van der Waals surface area contributed by atoms with Gasteiger partial charge >= 0.3 is 0 Å². The van der Waals surface area contributed by atoms with E-state index in [1.165, 1.54) is 4.31 Å². The molecule has 0 aliphatic carbocycles. The Kier molecular flexibility index (Phi) is 5.27. The number of sulfonamides is 1. The monoisotopic (exact) mass is 318 g/mol. The molecule has 2 atom stereocenters. The van der Waals surface area contributed by atoms with Gasteiger partial charge in [-0.15, -0.1) is 0 Å². The van der Waals surface area contributed by atoms with Crippen LogP contribution in [0.5, 0.6) is 0 Å². The van der Waals surface area contributed by atoms with Crippen LogP contribution in [0.4, 0.5) is 0 Å². The molecule has 0 aromatic heterocycles. The van der Waals surface area contributed by atoms with Crippen molar-refractivity contribution in [2.45, 2.75) is 39.2 Å². The zero-order valence-corrected chi connectivity index (χ0v) is 13.7. The van der Waals surface area contributed by atoms with Gasteiger partial charge in [0.15, 0.2) is 0 Å². The third-order valence-electron chi connectivity index (χ3n) is 4.91. The Bertz CT molecular complexity index is 471. The number of hydrogen-bond donors (Lipinski definition) is 1. The van der Waals surface area contributed by atoms with E-state index in [9.17, 15) is 18.3 Å². The van der Waals surface area contributed by atoms with Crippen molar-refractivity contribution in [3.8, 4) is 0 Å². The quantitative estimate of drug-likeness (QED) is 0.807. The van der Waals surface area contributed by atoms with Crippen molar-refractivity contribution in [2.24, 2.45) is 11.8 Å². The molecular formula is C14H26N2O4S. The molecule has 21 heavy (non-hydrogen) atoms. The highest BCUT2D eigenvalue weighted by Gasteiger charge is 2.38. The molecule has 2 aliphatic rings. The standard InChI is InChI=1S/C14H26N2O4S/c1-3-21(19,20)15-7-5-12(6-8-15)14(18)16-9-4-11(2)13(16)10-17/h11-13,17H,3-10H2,1-2H3. The molecule has 2 aliphatic heterocycles. The Hall–Kier alpha value is -0.660. The molecule has 0 bridgehead atoms. The Balaban J connectivity index is 1.95. The fourth-order valence-corrected chi connectivity index (χ4v) is 4.49. The maximum absolute atomic E-state index is 12.6. The van der Waals surface area contributed by atoms with E-state index >= 15 is 0 Å². The fourth-order valence-electron chi connectivity index (χ4n) is 3.36. The second-order valence-corrected chi connectivity index (χ2v) is 8.38. The van der Waals surface area contributed by atoms with Crippen molar-refractivity contribution in [1.82, 2.24) is 9.21 Å². The number of aliphatic hydroxyl groups is 1. The number of rotatable bonds is 4. The summed E-state index contributed by atoms with van der Waals surface area (Å²) in [5.41, 5.74) is 0. The number of hydrogen-bond acceptors (Lipinski definition) is 4. The molecule has 0 saturated carbocycles. The number of piperidine rings is 1. The van der Waals surface area contributed by atoms with Crippen molar-refractivity contribution in [1.29, 1.82) is 0 Å². The van der Waals surface area contributed by atoms with Crippen LogP contribution in [0.25, 0.3) is 0 Å². The van der Waals surface area contributed by atoms with Crippen LogP contribution in [0.2, 0.25) is 0 Å². The molecule has 122 valence electrons. The lowest BCUT2D eigenvalue weighted by Gasteiger charge is -2.34. The van der Waals surface area contributed by atoms with E-state index in [0.717, 1.165) is 6.42 Å². The van der Waals surface area contributed by atoms with Crippen LogP contribution in [0.15, 0.2) is 0 Å². The number of nitrogens with zero attached hydrogens (tertiary/aromatic N) is 2. The zero-order valence-electron chi connectivity index (χ0n) is 12.9. The van der Waals surface area contributed by atoms with Gasteiger partial charge in [0.1, 0.15) is 0 Å². The number of aliphatic hydroxyl groups excluding tert-OH is 1. The Morgan fingerprint density at radius 3 is 2.33 bits per heavy atom. The van der Waals surface area contributed by atoms with Crippen LogP contribution < -0.4 is 0 Å². The minimum absolute atomic E-state index is 0.00989. The van der Waals surface area contributed by atoms with Gasteiger partial charge in [-0.1, -0.05) is 6.92 Å². The molecule has 1 amide bonds. The summed E-state index contributed by atoms with van der Waals surface area (Å²) in [4.78, 5) is 14.4. The van der Waals surface area contributed by atoms with Gasteiger partial charge in [-0.2, -0.15) is 0 Å². The third-order valence-corrected chi connectivity index (χ3v) is 6.80. The Morgan fingerprint density at radius 1 is 1.19 bits per heavy atom. The summed E-state index contributed by atoms with van der Waals surface area (Å²) in [7, 11) is -3.15. The third kappa shape index (κ3) is 3.40. The average Bonchev–Trinajstić information content (AvgIpc) is 2.87. The van der Waals surface area contributed by atoms with E-state index in [-0.39, 0.29) is 30.2 Å². The van der Waals surface area contributed by atoms with E-state index in [1.54, 1.807) is 11.8 Å².